The molecule has 0 saturated carbocycles. The number of hydrogen-bond donors (Lipinski definition) is 1. The summed E-state index contributed by atoms with van der Waals surface area (Å²) < 4.78 is 27.3. The van der Waals surface area contributed by atoms with Gasteiger partial charge in [0, 0.05) is 12.5 Å². The molecule has 24 heavy (non-hydrogen) atoms. The quantitative estimate of drug-likeness (QED) is 0.447. The normalized spacial score (nSPS) is 34.8. The van der Waals surface area contributed by atoms with Gasteiger partial charge in [-0.1, -0.05) is 19.9 Å². The number of ether oxygens (including phenoxy) is 5. The van der Waals surface area contributed by atoms with E-state index < -0.39 is 30.3 Å². The van der Waals surface area contributed by atoms with Crippen molar-refractivity contribution in [2.24, 2.45) is 5.41 Å². The highest BCUT2D eigenvalue weighted by molar-refractivity contribution is 6.32. The molecule has 2 rings (SSSR count). The lowest BCUT2D eigenvalue weighted by Crippen LogP contribution is -2.68. The van der Waals surface area contributed by atoms with E-state index in [0.717, 1.165) is 7.11 Å². The Labute approximate surface area is 141 Å². The van der Waals surface area contributed by atoms with Gasteiger partial charge in [0.15, 0.2) is 6.23 Å². The van der Waals surface area contributed by atoms with Crippen LogP contribution in [-0.2, 0) is 33.3 Å². The molecule has 136 valence electrons. The zero-order valence-corrected chi connectivity index (χ0v) is 14.4. The SMILES string of the molecule is C=CC[C@H]1O[C@H]2[C@H](OCO[C@@H]2NC(=O)C(=O)OC)[C@@H](OC)C1(C)C. The van der Waals surface area contributed by atoms with E-state index in [9.17, 15) is 9.59 Å². The van der Waals surface area contributed by atoms with E-state index in [1.165, 1.54) is 0 Å². The Bertz CT molecular complexity index is 493. The van der Waals surface area contributed by atoms with E-state index in [1.54, 1.807) is 13.2 Å². The highest BCUT2D eigenvalue weighted by atomic mass is 16.7. The molecule has 8 nitrogen and oxygen atoms in total. The molecule has 0 aliphatic carbocycles. The van der Waals surface area contributed by atoms with E-state index in [0.29, 0.717) is 6.42 Å². The van der Waals surface area contributed by atoms with Crippen molar-refractivity contribution >= 4 is 11.9 Å². The molecule has 2 saturated heterocycles. The first-order valence-corrected chi connectivity index (χ1v) is 7.78. The van der Waals surface area contributed by atoms with Crippen LogP contribution in [0.4, 0.5) is 0 Å². The van der Waals surface area contributed by atoms with Gasteiger partial charge in [-0.2, -0.15) is 0 Å². The number of rotatable bonds is 4. The molecule has 0 radical (unpaired) electrons. The largest absolute Gasteiger partial charge is 0.462 e. The second kappa shape index (κ2) is 7.60. The van der Waals surface area contributed by atoms with Crippen molar-refractivity contribution in [1.82, 2.24) is 5.32 Å². The van der Waals surface area contributed by atoms with Crippen LogP contribution in [0.2, 0.25) is 0 Å². The molecule has 5 atom stereocenters. The molecule has 2 aliphatic rings. The van der Waals surface area contributed by atoms with Crippen LogP contribution in [-0.4, -0.2) is 63.5 Å². The van der Waals surface area contributed by atoms with E-state index in [2.05, 4.69) is 16.6 Å². The minimum atomic E-state index is -0.997. The third-order valence-electron chi connectivity index (χ3n) is 4.59. The van der Waals surface area contributed by atoms with Crippen LogP contribution < -0.4 is 5.32 Å². The zero-order chi connectivity index (χ0) is 17.9. The molecule has 0 bridgehead atoms. The van der Waals surface area contributed by atoms with Gasteiger partial charge in [0.1, 0.15) is 19.0 Å². The van der Waals surface area contributed by atoms with Crippen LogP contribution in [0.5, 0.6) is 0 Å². The van der Waals surface area contributed by atoms with Gasteiger partial charge in [-0.05, 0) is 6.42 Å². The van der Waals surface area contributed by atoms with Gasteiger partial charge < -0.3 is 29.0 Å². The first-order valence-electron chi connectivity index (χ1n) is 7.78. The molecule has 0 spiro atoms. The molecule has 1 amide bonds. The summed E-state index contributed by atoms with van der Waals surface area (Å²) in [5, 5.41) is 2.48. The minimum Gasteiger partial charge on any atom is -0.462 e. The summed E-state index contributed by atoms with van der Waals surface area (Å²) in [4.78, 5) is 23.1. The van der Waals surface area contributed by atoms with Crippen molar-refractivity contribution in [2.45, 2.75) is 50.9 Å². The van der Waals surface area contributed by atoms with Crippen LogP contribution in [0.25, 0.3) is 0 Å². The predicted octanol–water partition coefficient (Wildman–Crippen LogP) is 0.359. The monoisotopic (exact) mass is 343 g/mol. The van der Waals surface area contributed by atoms with Gasteiger partial charge in [-0.3, -0.25) is 4.79 Å². The van der Waals surface area contributed by atoms with E-state index in [1.807, 2.05) is 13.8 Å². The summed E-state index contributed by atoms with van der Waals surface area (Å²) in [7, 11) is 2.75. The maximum absolute atomic E-state index is 11.8. The number of carbonyl (C=O) groups excluding carboxylic acids is 2. The van der Waals surface area contributed by atoms with E-state index in [-0.39, 0.29) is 24.4 Å². The minimum absolute atomic E-state index is 0.0429. The third kappa shape index (κ3) is 3.46. The Balaban J connectivity index is 2.22. The van der Waals surface area contributed by atoms with Crippen molar-refractivity contribution < 1.29 is 33.3 Å². The fourth-order valence-corrected chi connectivity index (χ4v) is 3.29. The van der Waals surface area contributed by atoms with Crippen molar-refractivity contribution in [3.8, 4) is 0 Å². The Morgan fingerprint density at radius 2 is 2.00 bits per heavy atom. The van der Waals surface area contributed by atoms with Crippen molar-refractivity contribution in [1.29, 1.82) is 0 Å². The van der Waals surface area contributed by atoms with E-state index in [4.69, 9.17) is 18.9 Å². The molecule has 2 heterocycles. The first kappa shape index (κ1) is 18.9. The van der Waals surface area contributed by atoms with E-state index >= 15 is 0 Å². The number of hydrogen-bond acceptors (Lipinski definition) is 7. The predicted molar refractivity (Wildman–Crippen MR) is 82.8 cm³/mol. The van der Waals surface area contributed by atoms with Gasteiger partial charge in [0.05, 0.1) is 19.3 Å². The highest BCUT2D eigenvalue weighted by Crippen LogP contribution is 2.43. The lowest BCUT2D eigenvalue weighted by Gasteiger charge is -2.53. The standard InChI is InChI=1S/C16H25NO7/c1-6-7-9-16(2,3)12(20-4)10-11(24-9)14(23-8-22-10)17-13(18)15(19)21-5/h6,9-12,14H,1,7-8H2,2-5H3,(H,17,18)/t9-,10+,11+,12-,14+/m1/s1. The molecule has 1 N–H and O–H groups in total. The first-order chi connectivity index (χ1) is 11.4. The lowest BCUT2D eigenvalue weighted by molar-refractivity contribution is -0.328. The number of fused-ring (bicyclic) bond motifs is 1. The molecule has 0 aromatic rings. The van der Waals surface area contributed by atoms with Crippen LogP contribution in [0.3, 0.4) is 0 Å². The number of methoxy groups -OCH3 is 2. The van der Waals surface area contributed by atoms with Crippen molar-refractivity contribution in [3.05, 3.63) is 12.7 Å². The summed E-state index contributed by atoms with van der Waals surface area (Å²) in [6.45, 7) is 7.79. The second-order valence-corrected chi connectivity index (χ2v) is 6.39. The Hall–Kier alpha value is -1.48. The Morgan fingerprint density at radius 1 is 1.29 bits per heavy atom. The smallest absolute Gasteiger partial charge is 0.396 e. The number of esters is 1. The number of carbonyl (C=O) groups is 2. The zero-order valence-electron chi connectivity index (χ0n) is 14.4. The van der Waals surface area contributed by atoms with Gasteiger partial charge in [0.25, 0.3) is 0 Å². The van der Waals surface area contributed by atoms with Gasteiger partial charge in [-0.15, -0.1) is 6.58 Å². The lowest BCUT2D eigenvalue weighted by atomic mass is 9.73. The average Bonchev–Trinajstić information content (AvgIpc) is 2.55. The molecular weight excluding hydrogens is 318 g/mol. The summed E-state index contributed by atoms with van der Waals surface area (Å²) in [5.74, 6) is -1.89. The topological polar surface area (TPSA) is 92.3 Å². The third-order valence-corrected chi connectivity index (χ3v) is 4.59. The molecular formula is C16H25NO7. The summed E-state index contributed by atoms with van der Waals surface area (Å²) in [6, 6.07) is 0. The molecule has 0 aromatic carbocycles. The van der Waals surface area contributed by atoms with Crippen LogP contribution >= 0.6 is 0 Å². The Morgan fingerprint density at radius 3 is 2.58 bits per heavy atom. The fraction of sp³-hybridized carbons (Fsp3) is 0.750. The van der Waals surface area contributed by atoms with Crippen LogP contribution in [0.1, 0.15) is 20.3 Å². The van der Waals surface area contributed by atoms with Crippen LogP contribution in [0.15, 0.2) is 12.7 Å². The average molecular weight is 343 g/mol. The maximum atomic E-state index is 11.8. The fourth-order valence-electron chi connectivity index (χ4n) is 3.29. The number of nitrogens with one attached hydrogen (secondary N) is 1. The molecule has 2 fully saturated rings. The highest BCUT2D eigenvalue weighted by Gasteiger charge is 2.55. The Kier molecular flexibility index (Phi) is 5.97. The summed E-state index contributed by atoms with van der Waals surface area (Å²) >= 11 is 0. The summed E-state index contributed by atoms with van der Waals surface area (Å²) in [5.41, 5.74) is -0.335. The van der Waals surface area contributed by atoms with Crippen LogP contribution in [0, 0.1) is 5.41 Å². The van der Waals surface area contributed by atoms with Gasteiger partial charge in [-0.25, -0.2) is 4.79 Å². The second-order valence-electron chi connectivity index (χ2n) is 6.39. The molecule has 0 unspecified atom stereocenters. The molecule has 8 heteroatoms. The molecule has 2 aliphatic heterocycles. The summed E-state index contributed by atoms with van der Waals surface area (Å²) in [6.07, 6.45) is 0.000824. The molecule has 0 aromatic heterocycles. The maximum Gasteiger partial charge on any atom is 0.396 e. The van der Waals surface area contributed by atoms with Gasteiger partial charge in [0.2, 0.25) is 0 Å². The van der Waals surface area contributed by atoms with Crippen molar-refractivity contribution in [2.75, 3.05) is 21.0 Å². The van der Waals surface area contributed by atoms with Crippen molar-refractivity contribution in [3.63, 3.8) is 0 Å². The number of amides is 1. The van der Waals surface area contributed by atoms with Gasteiger partial charge >= 0.3 is 11.9 Å².